The van der Waals surface area contributed by atoms with E-state index in [0.717, 1.165) is 32.7 Å². The summed E-state index contributed by atoms with van der Waals surface area (Å²) in [7, 11) is 0. The van der Waals surface area contributed by atoms with Crippen molar-refractivity contribution in [1.29, 1.82) is 0 Å². The van der Waals surface area contributed by atoms with Crippen molar-refractivity contribution in [3.63, 3.8) is 0 Å². The number of carbonyl (C=O) groups excluding carboxylic acids is 1. The van der Waals surface area contributed by atoms with Crippen LogP contribution in [0.1, 0.15) is 46.4 Å². The zero-order chi connectivity index (χ0) is 21.8. The monoisotopic (exact) mass is 430 g/mol. The van der Waals surface area contributed by atoms with Crippen LogP contribution in [0.4, 0.5) is 0 Å². The molecule has 0 atom stereocenters. The minimum absolute atomic E-state index is 0.134. The summed E-state index contributed by atoms with van der Waals surface area (Å²) < 4.78 is 5.60. The second kappa shape index (κ2) is 9.67. The molecule has 166 valence electrons. The SMILES string of the molecule is O=C(NCC1CC1)c1coc(CN2CCN(C(c3ccccc3)c3ccccc3)CC2)n1. The smallest absolute Gasteiger partial charge is 0.273 e. The third-order valence-electron chi connectivity index (χ3n) is 6.39. The van der Waals surface area contributed by atoms with Gasteiger partial charge in [0.05, 0.1) is 12.6 Å². The van der Waals surface area contributed by atoms with E-state index in [-0.39, 0.29) is 11.9 Å². The average Bonchev–Trinajstić information content (AvgIpc) is 3.56. The molecule has 0 spiro atoms. The van der Waals surface area contributed by atoms with Gasteiger partial charge in [0, 0.05) is 32.7 Å². The van der Waals surface area contributed by atoms with Gasteiger partial charge in [-0.05, 0) is 29.9 Å². The van der Waals surface area contributed by atoms with Crippen LogP contribution in [0, 0.1) is 5.92 Å². The van der Waals surface area contributed by atoms with Crippen LogP contribution in [0.15, 0.2) is 71.3 Å². The van der Waals surface area contributed by atoms with E-state index in [0.29, 0.717) is 24.0 Å². The Morgan fingerprint density at radius 1 is 0.969 bits per heavy atom. The summed E-state index contributed by atoms with van der Waals surface area (Å²) >= 11 is 0. The number of benzene rings is 2. The van der Waals surface area contributed by atoms with Gasteiger partial charge >= 0.3 is 0 Å². The van der Waals surface area contributed by atoms with Crippen molar-refractivity contribution >= 4 is 5.91 Å². The lowest BCUT2D eigenvalue weighted by atomic mass is 9.96. The Hall–Kier alpha value is -2.96. The Bertz CT molecular complexity index is 969. The Labute approximate surface area is 189 Å². The molecule has 3 aromatic rings. The molecular weight excluding hydrogens is 400 g/mol. The van der Waals surface area contributed by atoms with Gasteiger partial charge in [-0.2, -0.15) is 0 Å². The van der Waals surface area contributed by atoms with Crippen LogP contribution in [0.25, 0.3) is 0 Å². The van der Waals surface area contributed by atoms with Crippen molar-refractivity contribution in [3.05, 3.63) is 89.6 Å². The summed E-state index contributed by atoms with van der Waals surface area (Å²) in [5, 5.41) is 2.95. The molecule has 32 heavy (non-hydrogen) atoms. The first-order valence-corrected chi connectivity index (χ1v) is 11.5. The van der Waals surface area contributed by atoms with Crippen molar-refractivity contribution < 1.29 is 9.21 Å². The van der Waals surface area contributed by atoms with Crippen LogP contribution in [0.3, 0.4) is 0 Å². The molecular formula is C26H30N4O2. The first-order valence-electron chi connectivity index (χ1n) is 11.5. The van der Waals surface area contributed by atoms with Crippen molar-refractivity contribution in [2.75, 3.05) is 32.7 Å². The predicted octanol–water partition coefficient (Wildman–Crippen LogP) is 3.72. The lowest BCUT2D eigenvalue weighted by Gasteiger charge is -2.39. The van der Waals surface area contributed by atoms with Gasteiger partial charge in [0.1, 0.15) is 6.26 Å². The van der Waals surface area contributed by atoms with Crippen LogP contribution in [0.5, 0.6) is 0 Å². The molecule has 1 saturated heterocycles. The zero-order valence-corrected chi connectivity index (χ0v) is 18.3. The molecule has 1 aliphatic carbocycles. The molecule has 1 saturated carbocycles. The molecule has 2 aliphatic rings. The lowest BCUT2D eigenvalue weighted by Crippen LogP contribution is -2.47. The highest BCUT2D eigenvalue weighted by Crippen LogP contribution is 2.30. The predicted molar refractivity (Wildman–Crippen MR) is 123 cm³/mol. The molecule has 2 heterocycles. The first kappa shape index (κ1) is 20.9. The fourth-order valence-corrected chi connectivity index (χ4v) is 4.39. The number of oxazole rings is 1. The highest BCUT2D eigenvalue weighted by atomic mass is 16.3. The zero-order valence-electron chi connectivity index (χ0n) is 18.3. The van der Waals surface area contributed by atoms with Gasteiger partial charge in [0.15, 0.2) is 5.69 Å². The van der Waals surface area contributed by atoms with E-state index >= 15 is 0 Å². The fraction of sp³-hybridized carbons (Fsp3) is 0.385. The van der Waals surface area contributed by atoms with Crippen LogP contribution < -0.4 is 5.32 Å². The number of carbonyl (C=O) groups is 1. The molecule has 0 unspecified atom stereocenters. The van der Waals surface area contributed by atoms with E-state index in [1.807, 2.05) is 0 Å². The molecule has 2 aromatic carbocycles. The minimum atomic E-state index is -0.134. The summed E-state index contributed by atoms with van der Waals surface area (Å²) in [6.45, 7) is 5.16. The van der Waals surface area contributed by atoms with E-state index in [2.05, 4.69) is 80.8 Å². The van der Waals surface area contributed by atoms with Crippen LogP contribution in [-0.4, -0.2) is 53.4 Å². The number of nitrogens with zero attached hydrogens (tertiary/aromatic N) is 3. The lowest BCUT2D eigenvalue weighted by molar-refractivity contribution is 0.0945. The van der Waals surface area contributed by atoms with Crippen molar-refractivity contribution in [2.45, 2.75) is 25.4 Å². The second-order valence-electron chi connectivity index (χ2n) is 8.82. The molecule has 0 bridgehead atoms. The molecule has 1 N–H and O–H groups in total. The number of rotatable bonds is 8. The molecule has 0 radical (unpaired) electrons. The number of piperazine rings is 1. The maximum atomic E-state index is 12.2. The Kier molecular flexibility index (Phi) is 6.32. The van der Waals surface area contributed by atoms with Gasteiger partial charge in [0.2, 0.25) is 5.89 Å². The topological polar surface area (TPSA) is 61.6 Å². The quantitative estimate of drug-likeness (QED) is 0.590. The number of hydrogen-bond acceptors (Lipinski definition) is 5. The molecule has 1 aliphatic heterocycles. The summed E-state index contributed by atoms with van der Waals surface area (Å²) in [5.41, 5.74) is 3.02. The summed E-state index contributed by atoms with van der Waals surface area (Å²) in [5.74, 6) is 1.13. The highest BCUT2D eigenvalue weighted by Gasteiger charge is 2.27. The van der Waals surface area contributed by atoms with Gasteiger partial charge in [-0.15, -0.1) is 0 Å². The van der Waals surface area contributed by atoms with Crippen LogP contribution in [0.2, 0.25) is 0 Å². The second-order valence-corrected chi connectivity index (χ2v) is 8.82. The van der Waals surface area contributed by atoms with Gasteiger partial charge in [-0.25, -0.2) is 4.98 Å². The van der Waals surface area contributed by atoms with Crippen LogP contribution >= 0.6 is 0 Å². The standard InChI is InChI=1S/C26H30N4O2/c31-26(27-17-20-11-12-20)23-19-32-24(28-23)18-29-13-15-30(16-14-29)25(21-7-3-1-4-8-21)22-9-5-2-6-10-22/h1-10,19-20,25H,11-18H2,(H,27,31). The number of amides is 1. The Morgan fingerprint density at radius 2 is 1.59 bits per heavy atom. The molecule has 6 heteroatoms. The fourth-order valence-electron chi connectivity index (χ4n) is 4.39. The highest BCUT2D eigenvalue weighted by molar-refractivity contribution is 5.91. The van der Waals surface area contributed by atoms with Gasteiger partial charge < -0.3 is 9.73 Å². The van der Waals surface area contributed by atoms with E-state index < -0.39 is 0 Å². The third-order valence-corrected chi connectivity index (χ3v) is 6.39. The maximum Gasteiger partial charge on any atom is 0.273 e. The van der Waals surface area contributed by atoms with E-state index in [4.69, 9.17) is 4.42 Å². The molecule has 6 nitrogen and oxygen atoms in total. The van der Waals surface area contributed by atoms with Crippen molar-refractivity contribution in [1.82, 2.24) is 20.1 Å². The van der Waals surface area contributed by atoms with Gasteiger partial charge in [-0.1, -0.05) is 60.7 Å². The molecule has 1 amide bonds. The van der Waals surface area contributed by atoms with Crippen molar-refractivity contribution in [2.24, 2.45) is 5.92 Å². The maximum absolute atomic E-state index is 12.2. The largest absolute Gasteiger partial charge is 0.447 e. The van der Waals surface area contributed by atoms with E-state index in [9.17, 15) is 4.79 Å². The van der Waals surface area contributed by atoms with Crippen LogP contribution in [-0.2, 0) is 6.54 Å². The van der Waals surface area contributed by atoms with Gasteiger partial charge in [-0.3, -0.25) is 14.6 Å². The summed E-state index contributed by atoms with van der Waals surface area (Å²) in [6.07, 6.45) is 3.91. The Balaban J connectivity index is 1.19. The number of aromatic nitrogens is 1. The summed E-state index contributed by atoms with van der Waals surface area (Å²) in [4.78, 5) is 21.5. The number of hydrogen-bond donors (Lipinski definition) is 1. The third kappa shape index (κ3) is 5.09. The Morgan fingerprint density at radius 3 is 2.19 bits per heavy atom. The van der Waals surface area contributed by atoms with E-state index in [1.54, 1.807) is 0 Å². The summed E-state index contributed by atoms with van der Waals surface area (Å²) in [6, 6.07) is 21.7. The average molecular weight is 431 g/mol. The molecule has 2 fully saturated rings. The number of nitrogens with one attached hydrogen (secondary N) is 1. The first-order chi connectivity index (χ1) is 15.8. The minimum Gasteiger partial charge on any atom is -0.447 e. The molecule has 1 aromatic heterocycles. The molecule has 5 rings (SSSR count). The van der Waals surface area contributed by atoms with Gasteiger partial charge in [0.25, 0.3) is 5.91 Å². The van der Waals surface area contributed by atoms with Crippen molar-refractivity contribution in [3.8, 4) is 0 Å². The normalized spacial score (nSPS) is 17.5. The van der Waals surface area contributed by atoms with E-state index in [1.165, 1.54) is 30.2 Å².